The molecule has 22 heavy (non-hydrogen) atoms. The molecule has 0 radical (unpaired) electrons. The molecule has 0 unspecified atom stereocenters. The molecule has 1 fully saturated rings. The minimum atomic E-state index is -3.47. The fourth-order valence-electron chi connectivity index (χ4n) is 2.90. The lowest BCUT2D eigenvalue weighted by Crippen LogP contribution is -2.31. The van der Waals surface area contributed by atoms with Crippen LogP contribution in [0.2, 0.25) is 0 Å². The van der Waals surface area contributed by atoms with Gasteiger partial charge in [0.05, 0.1) is 6.04 Å². The van der Waals surface area contributed by atoms with E-state index in [-0.39, 0.29) is 6.04 Å². The number of thiophene rings is 1. The van der Waals surface area contributed by atoms with Crippen LogP contribution in [-0.4, -0.2) is 33.9 Å². The van der Waals surface area contributed by atoms with E-state index in [0.717, 1.165) is 18.5 Å². The number of aromatic nitrogens is 3. The van der Waals surface area contributed by atoms with E-state index in [9.17, 15) is 8.42 Å². The number of fused-ring (bicyclic) bond motifs is 1. The van der Waals surface area contributed by atoms with E-state index in [0.29, 0.717) is 16.6 Å². The largest absolute Gasteiger partial charge is 0.285 e. The molecule has 0 aromatic carbocycles. The van der Waals surface area contributed by atoms with E-state index < -0.39 is 10.0 Å². The fraction of sp³-hybridized carbons (Fsp3) is 0.286. The molecular formula is C14H14N4O2S2. The van der Waals surface area contributed by atoms with Crippen LogP contribution in [0, 0.1) is 0 Å². The zero-order valence-corrected chi connectivity index (χ0v) is 13.3. The Morgan fingerprint density at radius 1 is 1.18 bits per heavy atom. The second-order valence-electron chi connectivity index (χ2n) is 5.19. The Kier molecular flexibility index (Phi) is 3.24. The Morgan fingerprint density at radius 2 is 2.09 bits per heavy atom. The third-order valence-corrected chi connectivity index (χ3v) is 7.18. The minimum Gasteiger partial charge on any atom is -0.285 e. The van der Waals surface area contributed by atoms with Gasteiger partial charge in [-0.15, -0.1) is 21.5 Å². The maximum Gasteiger partial charge on any atom is 0.253 e. The molecule has 0 N–H and O–H groups in total. The van der Waals surface area contributed by atoms with Crippen LogP contribution in [-0.2, 0) is 10.0 Å². The molecule has 114 valence electrons. The van der Waals surface area contributed by atoms with Crippen molar-refractivity contribution in [3.8, 4) is 0 Å². The number of hydrogen-bond acceptors (Lipinski definition) is 5. The molecule has 1 atom stereocenters. The van der Waals surface area contributed by atoms with Crippen LogP contribution in [0.5, 0.6) is 0 Å². The second kappa shape index (κ2) is 5.15. The summed E-state index contributed by atoms with van der Waals surface area (Å²) in [6, 6.07) is 8.80. The predicted molar refractivity (Wildman–Crippen MR) is 83.2 cm³/mol. The van der Waals surface area contributed by atoms with E-state index in [2.05, 4.69) is 10.2 Å². The summed E-state index contributed by atoms with van der Waals surface area (Å²) in [4.78, 5) is 0. The quantitative estimate of drug-likeness (QED) is 0.737. The summed E-state index contributed by atoms with van der Waals surface area (Å²) in [6.07, 6.45) is 3.47. The van der Waals surface area contributed by atoms with Gasteiger partial charge < -0.3 is 0 Å². The zero-order chi connectivity index (χ0) is 15.2. The highest BCUT2D eigenvalue weighted by Crippen LogP contribution is 2.36. The maximum absolute atomic E-state index is 12.8. The Hall–Kier alpha value is -1.77. The number of hydrogen-bond donors (Lipinski definition) is 0. The lowest BCUT2D eigenvalue weighted by Gasteiger charge is -2.22. The molecule has 8 heteroatoms. The Labute approximate surface area is 132 Å². The first-order chi connectivity index (χ1) is 10.7. The highest BCUT2D eigenvalue weighted by molar-refractivity contribution is 7.91. The van der Waals surface area contributed by atoms with Gasteiger partial charge in [0.15, 0.2) is 11.5 Å². The van der Waals surface area contributed by atoms with Crippen LogP contribution < -0.4 is 0 Å². The molecule has 4 heterocycles. The van der Waals surface area contributed by atoms with Crippen molar-refractivity contribution < 1.29 is 8.42 Å². The van der Waals surface area contributed by atoms with Crippen molar-refractivity contribution in [2.45, 2.75) is 23.1 Å². The van der Waals surface area contributed by atoms with E-state index in [1.54, 1.807) is 21.8 Å². The van der Waals surface area contributed by atoms with Crippen LogP contribution >= 0.6 is 11.3 Å². The molecule has 0 amide bonds. The van der Waals surface area contributed by atoms with Crippen LogP contribution in [0.15, 0.2) is 46.1 Å². The smallest absolute Gasteiger partial charge is 0.253 e. The fourth-order valence-corrected chi connectivity index (χ4v) is 5.67. The first-order valence-electron chi connectivity index (χ1n) is 7.03. The Balaban J connectivity index is 1.79. The van der Waals surface area contributed by atoms with E-state index >= 15 is 0 Å². The van der Waals surface area contributed by atoms with Crippen molar-refractivity contribution in [1.82, 2.24) is 18.9 Å². The standard InChI is InChI=1S/C14H14N4O2S2/c19-22(20,13-7-4-10-21-13)18-9-3-5-11(18)14-16-15-12-6-1-2-8-17(12)14/h1-2,4,6-8,10-11H,3,5,9H2/t11-/m1/s1. The minimum absolute atomic E-state index is 0.260. The van der Waals surface area contributed by atoms with Gasteiger partial charge in [0.25, 0.3) is 10.0 Å². The van der Waals surface area contributed by atoms with Gasteiger partial charge in [0.1, 0.15) is 4.21 Å². The third kappa shape index (κ3) is 2.06. The van der Waals surface area contributed by atoms with Gasteiger partial charge in [-0.25, -0.2) is 8.42 Å². The monoisotopic (exact) mass is 334 g/mol. The summed E-state index contributed by atoms with van der Waals surface area (Å²) in [5, 5.41) is 10.2. The maximum atomic E-state index is 12.8. The molecule has 1 aliphatic heterocycles. The zero-order valence-electron chi connectivity index (χ0n) is 11.7. The molecule has 0 saturated carbocycles. The molecule has 1 aliphatic rings. The number of pyridine rings is 1. The van der Waals surface area contributed by atoms with Crippen LogP contribution in [0.1, 0.15) is 24.7 Å². The normalized spacial score (nSPS) is 19.9. The summed E-state index contributed by atoms with van der Waals surface area (Å²) in [5.74, 6) is 0.688. The van der Waals surface area contributed by atoms with Crippen molar-refractivity contribution in [3.05, 3.63) is 47.7 Å². The average molecular weight is 334 g/mol. The summed E-state index contributed by atoms with van der Waals surface area (Å²) >= 11 is 1.25. The highest BCUT2D eigenvalue weighted by Gasteiger charge is 2.39. The van der Waals surface area contributed by atoms with Crippen LogP contribution in [0.4, 0.5) is 0 Å². The first-order valence-corrected chi connectivity index (χ1v) is 9.35. The molecule has 6 nitrogen and oxygen atoms in total. The lowest BCUT2D eigenvalue weighted by atomic mass is 10.2. The van der Waals surface area contributed by atoms with Crippen molar-refractivity contribution in [1.29, 1.82) is 0 Å². The molecule has 1 saturated heterocycles. The summed E-state index contributed by atoms with van der Waals surface area (Å²) in [7, 11) is -3.47. The van der Waals surface area contributed by atoms with Gasteiger partial charge in [0.2, 0.25) is 0 Å². The molecule has 3 aromatic rings. The summed E-state index contributed by atoms with van der Waals surface area (Å²) in [6.45, 7) is 0.520. The van der Waals surface area contributed by atoms with Crippen molar-refractivity contribution in [3.63, 3.8) is 0 Å². The number of nitrogens with zero attached hydrogens (tertiary/aromatic N) is 4. The second-order valence-corrected chi connectivity index (χ2v) is 8.26. The molecule has 0 spiro atoms. The van der Waals surface area contributed by atoms with Gasteiger partial charge in [-0.05, 0) is 36.4 Å². The third-order valence-electron chi connectivity index (χ3n) is 3.90. The van der Waals surface area contributed by atoms with Gasteiger partial charge >= 0.3 is 0 Å². The van der Waals surface area contributed by atoms with Crippen molar-refractivity contribution in [2.24, 2.45) is 0 Å². The number of sulfonamides is 1. The summed E-state index contributed by atoms with van der Waals surface area (Å²) < 4.78 is 29.4. The van der Waals surface area contributed by atoms with Gasteiger partial charge in [-0.3, -0.25) is 4.40 Å². The van der Waals surface area contributed by atoms with E-state index in [4.69, 9.17) is 0 Å². The van der Waals surface area contributed by atoms with E-state index in [1.165, 1.54) is 11.3 Å². The molecule has 0 bridgehead atoms. The van der Waals surface area contributed by atoms with Crippen molar-refractivity contribution in [2.75, 3.05) is 6.54 Å². The van der Waals surface area contributed by atoms with E-state index in [1.807, 2.05) is 28.8 Å². The summed E-state index contributed by atoms with van der Waals surface area (Å²) in [5.41, 5.74) is 0.734. The van der Waals surface area contributed by atoms with Crippen LogP contribution in [0.25, 0.3) is 5.65 Å². The predicted octanol–water partition coefficient (Wildman–Crippen LogP) is 2.32. The topological polar surface area (TPSA) is 67.6 Å². The van der Waals surface area contributed by atoms with Crippen molar-refractivity contribution >= 4 is 27.0 Å². The Morgan fingerprint density at radius 3 is 2.91 bits per heavy atom. The Bertz CT molecular complexity index is 902. The highest BCUT2D eigenvalue weighted by atomic mass is 32.2. The molecule has 4 rings (SSSR count). The molecule has 3 aromatic heterocycles. The lowest BCUT2D eigenvalue weighted by molar-refractivity contribution is 0.382. The SMILES string of the molecule is O=S(=O)(c1cccs1)N1CCC[C@@H]1c1nnc2ccccn12. The van der Waals surface area contributed by atoms with Gasteiger partial charge in [-0.1, -0.05) is 12.1 Å². The van der Waals surface area contributed by atoms with Gasteiger partial charge in [-0.2, -0.15) is 4.31 Å². The average Bonchev–Trinajstić information content (AvgIpc) is 3.26. The molecule has 0 aliphatic carbocycles. The molecular weight excluding hydrogens is 320 g/mol. The first kappa shape index (κ1) is 13.9. The van der Waals surface area contributed by atoms with Crippen LogP contribution in [0.3, 0.4) is 0 Å². The van der Waals surface area contributed by atoms with Gasteiger partial charge in [0, 0.05) is 12.7 Å². The number of rotatable bonds is 3.